The molecule has 0 radical (unpaired) electrons. The molecule has 1 amide bonds. The molecule has 2 N–H and O–H groups in total. The van der Waals surface area contributed by atoms with Crippen molar-refractivity contribution in [3.05, 3.63) is 29.8 Å². The van der Waals surface area contributed by atoms with Gasteiger partial charge in [0.25, 0.3) is 0 Å². The summed E-state index contributed by atoms with van der Waals surface area (Å²) in [7, 11) is 0. The maximum absolute atomic E-state index is 12.0. The highest BCUT2D eigenvalue weighted by Crippen LogP contribution is 2.34. The van der Waals surface area contributed by atoms with Crippen molar-refractivity contribution in [1.29, 1.82) is 0 Å². The molecule has 2 unspecified atom stereocenters. The first-order chi connectivity index (χ1) is 7.65. The highest BCUT2D eigenvalue weighted by atomic mass is 16.2. The Kier molecular flexibility index (Phi) is 2.97. The number of amides is 1. The zero-order valence-electron chi connectivity index (χ0n) is 9.81. The van der Waals surface area contributed by atoms with E-state index < -0.39 is 6.04 Å². The van der Waals surface area contributed by atoms with E-state index in [2.05, 4.69) is 13.8 Å². The minimum Gasteiger partial charge on any atom is -0.316 e. The molecule has 86 valence electrons. The van der Waals surface area contributed by atoms with Gasteiger partial charge in [-0.25, -0.2) is 0 Å². The second-order valence-electron chi connectivity index (χ2n) is 4.50. The molecule has 0 spiro atoms. The molecule has 16 heavy (non-hydrogen) atoms. The maximum atomic E-state index is 12.0. The fourth-order valence-corrected chi connectivity index (χ4v) is 2.05. The van der Waals surface area contributed by atoms with Crippen molar-refractivity contribution < 1.29 is 4.79 Å². The fourth-order valence-electron chi connectivity index (χ4n) is 2.05. The lowest BCUT2D eigenvalue weighted by Crippen LogP contribution is -2.34. The lowest BCUT2D eigenvalue weighted by molar-refractivity contribution is -0.119. The van der Waals surface area contributed by atoms with Crippen LogP contribution in [0.1, 0.15) is 31.9 Å². The van der Waals surface area contributed by atoms with Gasteiger partial charge in [-0.1, -0.05) is 38.5 Å². The molecule has 3 nitrogen and oxygen atoms in total. The monoisotopic (exact) mass is 218 g/mol. The smallest absolute Gasteiger partial charge is 0.248 e. The number of carbonyl (C=O) groups is 1. The third-order valence-electron chi connectivity index (χ3n) is 3.29. The Hall–Kier alpha value is -1.35. The van der Waals surface area contributed by atoms with Crippen LogP contribution in [0.25, 0.3) is 0 Å². The van der Waals surface area contributed by atoms with E-state index in [1.54, 1.807) is 0 Å². The number of para-hydroxylation sites is 1. The predicted octanol–water partition coefficient (Wildman–Crippen LogP) is 2.08. The molecule has 0 bridgehead atoms. The summed E-state index contributed by atoms with van der Waals surface area (Å²) >= 11 is 0. The zero-order chi connectivity index (χ0) is 11.7. The van der Waals surface area contributed by atoms with Gasteiger partial charge in [0.1, 0.15) is 6.04 Å². The van der Waals surface area contributed by atoms with Crippen molar-refractivity contribution in [2.24, 2.45) is 11.7 Å². The van der Waals surface area contributed by atoms with Crippen LogP contribution in [-0.2, 0) is 4.79 Å². The first kappa shape index (κ1) is 11.1. The van der Waals surface area contributed by atoms with Gasteiger partial charge in [-0.15, -0.1) is 0 Å². The van der Waals surface area contributed by atoms with Gasteiger partial charge >= 0.3 is 0 Å². The van der Waals surface area contributed by atoms with Gasteiger partial charge in [0, 0.05) is 17.8 Å². The first-order valence-corrected chi connectivity index (χ1v) is 5.81. The second kappa shape index (κ2) is 4.26. The lowest BCUT2D eigenvalue weighted by Gasteiger charge is -2.21. The molecule has 0 aliphatic carbocycles. The quantitative estimate of drug-likeness (QED) is 0.844. The molecular weight excluding hydrogens is 200 g/mol. The number of benzene rings is 1. The minimum atomic E-state index is -0.472. The molecule has 1 aromatic carbocycles. The van der Waals surface area contributed by atoms with E-state index in [4.69, 9.17) is 5.73 Å². The molecule has 0 saturated carbocycles. The van der Waals surface area contributed by atoms with Crippen molar-refractivity contribution in [2.75, 3.05) is 11.4 Å². The molecule has 0 aromatic heterocycles. The van der Waals surface area contributed by atoms with Crippen LogP contribution in [-0.4, -0.2) is 12.5 Å². The number of fused-ring (bicyclic) bond motifs is 1. The van der Waals surface area contributed by atoms with Gasteiger partial charge in [0.2, 0.25) is 5.91 Å². The van der Waals surface area contributed by atoms with Gasteiger partial charge in [-0.3, -0.25) is 4.79 Å². The van der Waals surface area contributed by atoms with Gasteiger partial charge in [0.15, 0.2) is 0 Å². The standard InChI is InChI=1S/C13H18N2O/c1-3-9(2)8-15-11-7-5-4-6-10(11)12(14)13(15)16/h4-7,9,12H,3,8,14H2,1-2H3. The summed E-state index contributed by atoms with van der Waals surface area (Å²) in [4.78, 5) is 13.8. The van der Waals surface area contributed by atoms with Gasteiger partial charge < -0.3 is 10.6 Å². The summed E-state index contributed by atoms with van der Waals surface area (Å²) in [5.74, 6) is 0.531. The number of hydrogen-bond acceptors (Lipinski definition) is 2. The van der Waals surface area contributed by atoms with Crippen molar-refractivity contribution in [2.45, 2.75) is 26.3 Å². The van der Waals surface area contributed by atoms with E-state index in [-0.39, 0.29) is 5.91 Å². The average molecular weight is 218 g/mol. The SMILES string of the molecule is CCC(C)CN1C(=O)C(N)c2ccccc21. The maximum Gasteiger partial charge on any atom is 0.248 e. The zero-order valence-corrected chi connectivity index (χ0v) is 9.81. The van der Waals surface area contributed by atoms with Crippen LogP contribution >= 0.6 is 0 Å². The number of anilines is 1. The molecule has 1 aliphatic heterocycles. The molecule has 2 rings (SSSR count). The van der Waals surface area contributed by atoms with Gasteiger partial charge in [0.05, 0.1) is 0 Å². The number of nitrogens with two attached hydrogens (primary N) is 1. The Labute approximate surface area is 96.2 Å². The van der Waals surface area contributed by atoms with E-state index >= 15 is 0 Å². The average Bonchev–Trinajstić information content (AvgIpc) is 2.55. The van der Waals surface area contributed by atoms with Crippen LogP contribution < -0.4 is 10.6 Å². The highest BCUT2D eigenvalue weighted by Gasteiger charge is 2.34. The lowest BCUT2D eigenvalue weighted by atomic mass is 10.1. The van der Waals surface area contributed by atoms with Crippen molar-refractivity contribution in [3.8, 4) is 0 Å². The third kappa shape index (κ3) is 1.71. The second-order valence-corrected chi connectivity index (χ2v) is 4.50. The van der Waals surface area contributed by atoms with Crippen LogP contribution in [0.15, 0.2) is 24.3 Å². The molecule has 1 heterocycles. The number of hydrogen-bond donors (Lipinski definition) is 1. The molecule has 1 aromatic rings. The normalized spacial score (nSPS) is 21.1. The van der Waals surface area contributed by atoms with Crippen molar-refractivity contribution >= 4 is 11.6 Å². The first-order valence-electron chi connectivity index (χ1n) is 5.81. The predicted molar refractivity (Wildman–Crippen MR) is 65.2 cm³/mol. The fraction of sp³-hybridized carbons (Fsp3) is 0.462. The van der Waals surface area contributed by atoms with E-state index in [0.717, 1.165) is 24.2 Å². The number of carbonyl (C=O) groups excluding carboxylic acids is 1. The summed E-state index contributed by atoms with van der Waals surface area (Å²) in [6.45, 7) is 5.05. The van der Waals surface area contributed by atoms with E-state index in [1.165, 1.54) is 0 Å². The summed E-state index contributed by atoms with van der Waals surface area (Å²) in [6, 6.07) is 7.32. The number of rotatable bonds is 3. The summed E-state index contributed by atoms with van der Waals surface area (Å²) in [5, 5.41) is 0. The van der Waals surface area contributed by atoms with Crippen LogP contribution in [0.4, 0.5) is 5.69 Å². The van der Waals surface area contributed by atoms with E-state index in [0.29, 0.717) is 5.92 Å². The Balaban J connectivity index is 2.30. The molecular formula is C13H18N2O. The van der Waals surface area contributed by atoms with Gasteiger partial charge in [-0.2, -0.15) is 0 Å². The molecule has 0 fully saturated rings. The summed E-state index contributed by atoms with van der Waals surface area (Å²) < 4.78 is 0. The summed E-state index contributed by atoms with van der Waals surface area (Å²) in [5.41, 5.74) is 7.85. The van der Waals surface area contributed by atoms with Gasteiger partial charge in [-0.05, 0) is 12.0 Å². The van der Waals surface area contributed by atoms with E-state index in [9.17, 15) is 4.79 Å². The Morgan fingerprint density at radius 2 is 2.12 bits per heavy atom. The molecule has 1 aliphatic rings. The molecule has 3 heteroatoms. The van der Waals surface area contributed by atoms with Crippen molar-refractivity contribution in [1.82, 2.24) is 0 Å². The minimum absolute atomic E-state index is 0.0292. The number of nitrogens with zero attached hydrogens (tertiary/aromatic N) is 1. The van der Waals surface area contributed by atoms with Crippen LogP contribution in [0.5, 0.6) is 0 Å². The summed E-state index contributed by atoms with van der Waals surface area (Å²) in [6.07, 6.45) is 1.07. The molecule has 2 atom stereocenters. The Morgan fingerprint density at radius 1 is 1.44 bits per heavy atom. The van der Waals surface area contributed by atoms with Crippen LogP contribution in [0, 0.1) is 5.92 Å². The van der Waals surface area contributed by atoms with Crippen molar-refractivity contribution in [3.63, 3.8) is 0 Å². The van der Waals surface area contributed by atoms with Crippen LogP contribution in [0.3, 0.4) is 0 Å². The van der Waals surface area contributed by atoms with Crippen LogP contribution in [0.2, 0.25) is 0 Å². The highest BCUT2D eigenvalue weighted by molar-refractivity contribution is 6.04. The van der Waals surface area contributed by atoms with E-state index in [1.807, 2.05) is 29.2 Å². The molecule has 0 saturated heterocycles. The Bertz CT molecular complexity index is 403. The topological polar surface area (TPSA) is 46.3 Å². The Morgan fingerprint density at radius 3 is 2.81 bits per heavy atom. The third-order valence-corrected chi connectivity index (χ3v) is 3.29. The largest absolute Gasteiger partial charge is 0.316 e.